The minimum Gasteiger partial charge on any atom is -0.469 e. The molecule has 6 rings (SSSR count). The summed E-state index contributed by atoms with van der Waals surface area (Å²) in [6.07, 6.45) is 7.21. The van der Waals surface area contributed by atoms with E-state index in [0.29, 0.717) is 11.1 Å². The van der Waals surface area contributed by atoms with Crippen molar-refractivity contribution in [3.8, 4) is 22.3 Å². The lowest BCUT2D eigenvalue weighted by Gasteiger charge is -2.43. The van der Waals surface area contributed by atoms with Crippen LogP contribution in [0.4, 0.5) is 8.78 Å². The monoisotopic (exact) mass is 1260 g/mol. The molecular weight excluding hydrogens is 1160 g/mol. The van der Waals surface area contributed by atoms with E-state index in [1.165, 1.54) is 70.9 Å². The summed E-state index contributed by atoms with van der Waals surface area (Å²) >= 11 is 9.53. The molecular formula is C77H106Cl2F2O6Si. The predicted octanol–water partition coefficient (Wildman–Crippen LogP) is 21.0. The molecule has 0 fully saturated rings. The van der Waals surface area contributed by atoms with Crippen molar-refractivity contribution in [2.75, 3.05) is 19.6 Å². The quantitative estimate of drug-likeness (QED) is 0.0414. The molecule has 0 heterocycles. The van der Waals surface area contributed by atoms with Crippen molar-refractivity contribution in [3.63, 3.8) is 0 Å². The molecule has 0 aliphatic heterocycles. The minimum atomic E-state index is -1.89. The average Bonchev–Trinajstić information content (AvgIpc) is 1.07. The number of aryl methyl sites for hydroxylation is 6. The number of alkyl halides is 2. The summed E-state index contributed by atoms with van der Waals surface area (Å²) in [7, 11) is 0.734. The predicted molar refractivity (Wildman–Crippen MR) is 370 cm³/mol. The third-order valence-corrected chi connectivity index (χ3v) is 23.7. The largest absolute Gasteiger partial charge is 0.469 e. The number of esters is 2. The number of hydrogen-bond acceptors (Lipinski definition) is 6. The molecule has 0 amide bonds. The number of aliphatic hydroxyl groups is 1. The first-order valence-corrected chi connectivity index (χ1v) is 35.7. The highest BCUT2D eigenvalue weighted by molar-refractivity contribution is 6.74. The maximum absolute atomic E-state index is 14.9. The van der Waals surface area contributed by atoms with E-state index in [4.69, 9.17) is 32.4 Å². The number of ether oxygens (including phenoxy) is 2. The van der Waals surface area contributed by atoms with E-state index in [1.54, 1.807) is 12.1 Å². The van der Waals surface area contributed by atoms with E-state index in [2.05, 4.69) is 208 Å². The van der Waals surface area contributed by atoms with Crippen LogP contribution in [0.5, 0.6) is 0 Å². The SMILES string of the molecule is CCC(CC)(c1ccc(CCC(O)C(C)(C)C)c(C)c1)c1ccc(-c2ccc(CC(=O)OC)c(F)c2)c(C)c1.CCC(CC)(c1ccc(CCC(O[Si](C)(C)C(C)(C)C)C(C)(C)C)c(C)c1)c1ccc(-c2ccc(CC(=O)OC)c(F)c2)c(C)c1.ClCCl. The Morgan fingerprint density at radius 2 is 0.830 bits per heavy atom. The molecule has 0 spiro atoms. The summed E-state index contributed by atoms with van der Waals surface area (Å²) in [6, 6.07) is 37.2. The Balaban J connectivity index is 0.000000365. The first-order valence-electron chi connectivity index (χ1n) is 31.7. The number of hydrogen-bond donors (Lipinski definition) is 1. The first kappa shape index (κ1) is 75.3. The van der Waals surface area contributed by atoms with Crippen molar-refractivity contribution in [3.05, 3.63) is 188 Å². The summed E-state index contributed by atoms with van der Waals surface area (Å²) in [5.74, 6) is -1.69. The summed E-state index contributed by atoms with van der Waals surface area (Å²) < 4.78 is 46.0. The Morgan fingerprint density at radius 3 is 1.11 bits per heavy atom. The molecule has 0 radical (unpaired) electrons. The third-order valence-electron chi connectivity index (χ3n) is 19.2. The van der Waals surface area contributed by atoms with Crippen LogP contribution in [0.1, 0.15) is 195 Å². The zero-order valence-corrected chi connectivity index (χ0v) is 59.8. The molecule has 2 atom stereocenters. The van der Waals surface area contributed by atoms with Crippen molar-refractivity contribution in [2.24, 2.45) is 10.8 Å². The van der Waals surface area contributed by atoms with Crippen LogP contribution in [0.25, 0.3) is 22.3 Å². The molecule has 2 unspecified atom stereocenters. The lowest BCUT2D eigenvalue weighted by molar-refractivity contribution is -0.140. The van der Waals surface area contributed by atoms with Gasteiger partial charge in [0.25, 0.3) is 0 Å². The molecule has 88 heavy (non-hydrogen) atoms. The van der Waals surface area contributed by atoms with Gasteiger partial charge in [0.15, 0.2) is 8.32 Å². The number of methoxy groups -OCH3 is 2. The molecule has 6 aromatic rings. The van der Waals surface area contributed by atoms with Gasteiger partial charge in [-0.3, -0.25) is 9.59 Å². The van der Waals surface area contributed by atoms with Crippen LogP contribution in [0, 0.1) is 50.2 Å². The van der Waals surface area contributed by atoms with E-state index in [1.807, 2.05) is 12.1 Å². The van der Waals surface area contributed by atoms with Gasteiger partial charge in [0, 0.05) is 10.8 Å². The Hall–Kier alpha value is -5.16. The third kappa shape index (κ3) is 19.0. The summed E-state index contributed by atoms with van der Waals surface area (Å²) in [5.41, 5.74) is 16.6. The molecule has 6 aromatic carbocycles. The number of benzene rings is 6. The number of rotatable bonds is 22. The van der Waals surface area contributed by atoms with Crippen LogP contribution in [0.2, 0.25) is 18.1 Å². The summed E-state index contributed by atoms with van der Waals surface area (Å²) in [4.78, 5) is 23.2. The lowest BCUT2D eigenvalue weighted by atomic mass is 9.69. The van der Waals surface area contributed by atoms with Crippen LogP contribution in [0.3, 0.4) is 0 Å². The lowest BCUT2D eigenvalue weighted by Crippen LogP contribution is -2.47. The van der Waals surface area contributed by atoms with E-state index < -0.39 is 31.9 Å². The fourth-order valence-corrected chi connectivity index (χ4v) is 13.5. The number of carbonyl (C=O) groups is 2. The van der Waals surface area contributed by atoms with Crippen LogP contribution in [0.15, 0.2) is 109 Å². The average molecular weight is 1260 g/mol. The van der Waals surface area contributed by atoms with Gasteiger partial charge in [-0.15, -0.1) is 23.2 Å². The molecule has 0 saturated heterocycles. The van der Waals surface area contributed by atoms with E-state index in [0.717, 1.165) is 84.7 Å². The van der Waals surface area contributed by atoms with Gasteiger partial charge in [-0.25, -0.2) is 8.78 Å². The molecule has 1 N–H and O–H groups in total. The van der Waals surface area contributed by atoms with Crippen molar-refractivity contribution >= 4 is 43.5 Å². The maximum atomic E-state index is 14.9. The Labute approximate surface area is 541 Å². The Bertz CT molecular complexity index is 3270. The molecule has 0 aliphatic carbocycles. The standard InChI is InChI=1S/C41H59FO3Si.C35H45FO3.CH2Cl2/c1-14-41(15-2,34-21-22-35(29(4)25-34)31-16-17-32(36(42)26-31)27-38(43)44-11)33-20-18-30(28(3)24-33)19-23-37(39(5,6)7)45-46(12,13)40(8,9)10;1-9-35(10-2,28-15-13-25(23(3)19-28)14-18-32(37)34(5,6)7)29-16-17-30(24(4)20-29)26-11-12-27(31(36)21-26)22-33(38)39-8;2-1-3/h16-18,20-22,24-26,37H,14-15,19,23,27H2,1-13H3;11-13,15-17,19-21,32,37H,9-10,14,18,22H2,1-8H3;1H2. The van der Waals surface area contributed by atoms with Crippen molar-refractivity contribution < 1.29 is 37.4 Å². The van der Waals surface area contributed by atoms with Crippen LogP contribution >= 0.6 is 23.2 Å². The maximum Gasteiger partial charge on any atom is 0.310 e. The number of aliphatic hydroxyl groups excluding tert-OH is 1. The van der Waals surface area contributed by atoms with Gasteiger partial charge in [-0.2, -0.15) is 0 Å². The molecule has 6 nitrogen and oxygen atoms in total. The highest BCUT2D eigenvalue weighted by Gasteiger charge is 2.42. The highest BCUT2D eigenvalue weighted by Crippen LogP contribution is 2.45. The van der Waals surface area contributed by atoms with Crippen molar-refractivity contribution in [1.82, 2.24) is 0 Å². The smallest absolute Gasteiger partial charge is 0.310 e. The second-order valence-electron chi connectivity index (χ2n) is 27.8. The number of carbonyl (C=O) groups excluding carboxylic acids is 2. The molecule has 0 aliphatic rings. The van der Waals surface area contributed by atoms with Gasteiger partial charge in [0.05, 0.1) is 44.6 Å². The molecule has 0 saturated carbocycles. The van der Waals surface area contributed by atoms with Crippen molar-refractivity contribution in [1.29, 1.82) is 0 Å². The van der Waals surface area contributed by atoms with Crippen LogP contribution in [-0.2, 0) is 60.0 Å². The molecule has 482 valence electrons. The van der Waals surface area contributed by atoms with E-state index in [-0.39, 0.29) is 57.1 Å². The molecule has 0 bridgehead atoms. The zero-order chi connectivity index (χ0) is 66.3. The van der Waals surface area contributed by atoms with Crippen LogP contribution in [-0.4, -0.2) is 57.1 Å². The van der Waals surface area contributed by atoms with Gasteiger partial charge in [-0.05, 0) is 209 Å². The normalized spacial score (nSPS) is 13.0. The van der Waals surface area contributed by atoms with Gasteiger partial charge >= 0.3 is 11.9 Å². The van der Waals surface area contributed by atoms with Gasteiger partial charge in [0.1, 0.15) is 11.6 Å². The fourth-order valence-electron chi connectivity index (χ4n) is 12.0. The Kier molecular flexibility index (Phi) is 27.6. The van der Waals surface area contributed by atoms with E-state index >= 15 is 0 Å². The highest BCUT2D eigenvalue weighted by atomic mass is 35.5. The van der Waals surface area contributed by atoms with Crippen molar-refractivity contribution in [2.45, 2.75) is 223 Å². The second kappa shape index (κ2) is 32.2. The molecule has 0 aromatic heterocycles. The van der Waals surface area contributed by atoms with Crippen LogP contribution < -0.4 is 0 Å². The van der Waals surface area contributed by atoms with Gasteiger partial charge in [-0.1, -0.05) is 187 Å². The molecule has 11 heteroatoms. The Morgan fingerprint density at radius 1 is 0.500 bits per heavy atom. The second-order valence-corrected chi connectivity index (χ2v) is 33.4. The summed E-state index contributed by atoms with van der Waals surface area (Å²) in [5, 5.41) is 10.9. The fraction of sp³-hybridized carbons (Fsp3) is 0.506. The van der Waals surface area contributed by atoms with Gasteiger partial charge in [0.2, 0.25) is 0 Å². The zero-order valence-electron chi connectivity index (χ0n) is 57.3. The topological polar surface area (TPSA) is 82.1 Å². The minimum absolute atomic E-state index is 0.0732. The number of halogens is 4. The van der Waals surface area contributed by atoms with Gasteiger partial charge < -0.3 is 19.0 Å². The first-order chi connectivity index (χ1) is 41.1. The van der Waals surface area contributed by atoms with E-state index in [9.17, 15) is 23.5 Å². The summed E-state index contributed by atoms with van der Waals surface area (Å²) in [6.45, 7) is 42.4.